The van der Waals surface area contributed by atoms with Gasteiger partial charge in [0.1, 0.15) is 6.54 Å². The van der Waals surface area contributed by atoms with Crippen molar-refractivity contribution >= 4 is 34.2 Å². The van der Waals surface area contributed by atoms with Gasteiger partial charge in [0.05, 0.1) is 12.1 Å². The lowest BCUT2D eigenvalue weighted by atomic mass is 10.0. The Balaban J connectivity index is 1.07. The molecule has 5 rings (SSSR count). The molecule has 1 aliphatic heterocycles. The van der Waals surface area contributed by atoms with E-state index in [1.807, 2.05) is 31.2 Å². The Morgan fingerprint density at radius 3 is 2.41 bits per heavy atom. The van der Waals surface area contributed by atoms with Gasteiger partial charge in [0.2, 0.25) is 11.8 Å². The van der Waals surface area contributed by atoms with E-state index >= 15 is 0 Å². The number of aryl methyl sites for hydroxylation is 1. The lowest BCUT2D eigenvalue weighted by Gasteiger charge is -2.32. The summed E-state index contributed by atoms with van der Waals surface area (Å²) in [5.74, 6) is -0.451. The second kappa shape index (κ2) is 12.5. The minimum Gasteiger partial charge on any atom is -0.353 e. The summed E-state index contributed by atoms with van der Waals surface area (Å²) in [4.78, 5) is 47.1. The molecule has 0 spiro atoms. The molecule has 0 unspecified atom stereocenters. The first-order valence-electron chi connectivity index (χ1n) is 13.6. The number of anilines is 1. The van der Waals surface area contributed by atoms with Gasteiger partial charge in [-0.3, -0.25) is 19.3 Å². The van der Waals surface area contributed by atoms with Crippen LogP contribution in [0.3, 0.4) is 0 Å². The highest BCUT2D eigenvalue weighted by atomic mass is 32.1. The maximum atomic E-state index is 13.1. The van der Waals surface area contributed by atoms with E-state index in [2.05, 4.69) is 44.8 Å². The Bertz CT molecular complexity index is 1300. The molecule has 1 saturated carbocycles. The Kier molecular flexibility index (Phi) is 8.68. The summed E-state index contributed by atoms with van der Waals surface area (Å²) in [7, 11) is 0. The fourth-order valence-electron chi connectivity index (χ4n) is 5.00. The molecule has 1 aromatic heterocycles. The summed E-state index contributed by atoms with van der Waals surface area (Å²) in [6.07, 6.45) is 3.85. The molecule has 3 amide bonds. The highest BCUT2D eigenvalue weighted by molar-refractivity contribution is 7.13. The minimum atomic E-state index is -0.281. The van der Waals surface area contributed by atoms with Crippen molar-refractivity contribution in [2.24, 2.45) is 0 Å². The van der Waals surface area contributed by atoms with Crippen LogP contribution in [0.4, 0.5) is 5.13 Å². The fraction of sp³-hybridized carbons (Fsp3) is 0.400. The lowest BCUT2D eigenvalue weighted by molar-refractivity contribution is -0.121. The van der Waals surface area contributed by atoms with Crippen LogP contribution < -0.4 is 10.6 Å². The first-order chi connectivity index (χ1) is 18.9. The second-order valence-corrected chi connectivity index (χ2v) is 11.3. The molecular formula is C30H35N5O3S. The Morgan fingerprint density at radius 2 is 1.69 bits per heavy atom. The third kappa shape index (κ3) is 7.52. The third-order valence-corrected chi connectivity index (χ3v) is 8.09. The van der Waals surface area contributed by atoms with Crippen molar-refractivity contribution < 1.29 is 14.4 Å². The van der Waals surface area contributed by atoms with Crippen LogP contribution in [-0.4, -0.2) is 64.2 Å². The number of carbonyl (C=O) groups excluding carboxylic acids is 3. The molecule has 2 heterocycles. The average Bonchev–Trinajstić information content (AvgIpc) is 3.69. The van der Waals surface area contributed by atoms with Crippen LogP contribution in [0.5, 0.6) is 0 Å². The summed E-state index contributed by atoms with van der Waals surface area (Å²) < 4.78 is 0. The molecule has 2 aliphatic rings. The van der Waals surface area contributed by atoms with Crippen molar-refractivity contribution in [2.75, 3.05) is 25.0 Å². The number of likely N-dealkylation sites (tertiary alicyclic amines) is 1. The number of hydrogen-bond acceptors (Lipinski definition) is 6. The van der Waals surface area contributed by atoms with Gasteiger partial charge in [-0.15, -0.1) is 11.3 Å². The fourth-order valence-corrected chi connectivity index (χ4v) is 5.73. The van der Waals surface area contributed by atoms with E-state index in [1.165, 1.54) is 16.9 Å². The van der Waals surface area contributed by atoms with E-state index in [-0.39, 0.29) is 42.8 Å². The van der Waals surface area contributed by atoms with Gasteiger partial charge < -0.3 is 15.5 Å². The predicted molar refractivity (Wildman–Crippen MR) is 153 cm³/mol. The van der Waals surface area contributed by atoms with E-state index in [1.54, 1.807) is 16.3 Å². The Labute approximate surface area is 233 Å². The summed E-state index contributed by atoms with van der Waals surface area (Å²) in [6.45, 7) is 4.73. The van der Waals surface area contributed by atoms with E-state index in [0.29, 0.717) is 16.4 Å². The van der Waals surface area contributed by atoms with Crippen molar-refractivity contribution in [2.45, 2.75) is 57.7 Å². The van der Waals surface area contributed by atoms with Crippen LogP contribution in [-0.2, 0) is 22.6 Å². The molecule has 3 aromatic rings. The van der Waals surface area contributed by atoms with E-state index in [0.717, 1.165) is 50.9 Å². The van der Waals surface area contributed by atoms with Crippen molar-refractivity contribution in [3.63, 3.8) is 0 Å². The van der Waals surface area contributed by atoms with Gasteiger partial charge in [0.25, 0.3) is 5.91 Å². The molecule has 2 fully saturated rings. The van der Waals surface area contributed by atoms with Gasteiger partial charge in [-0.2, -0.15) is 0 Å². The molecule has 2 N–H and O–H groups in total. The Morgan fingerprint density at radius 1 is 0.974 bits per heavy atom. The van der Waals surface area contributed by atoms with Gasteiger partial charge in [-0.1, -0.05) is 48.5 Å². The summed E-state index contributed by atoms with van der Waals surface area (Å²) >= 11 is 1.29. The maximum Gasteiger partial charge on any atom is 0.254 e. The van der Waals surface area contributed by atoms with Gasteiger partial charge in [0, 0.05) is 42.7 Å². The first-order valence-corrected chi connectivity index (χ1v) is 14.5. The number of piperidine rings is 1. The summed E-state index contributed by atoms with van der Waals surface area (Å²) in [5.41, 5.74) is 3.46. The van der Waals surface area contributed by atoms with Crippen LogP contribution in [0.2, 0.25) is 0 Å². The van der Waals surface area contributed by atoms with Gasteiger partial charge in [0.15, 0.2) is 5.13 Å². The topological polar surface area (TPSA) is 94.6 Å². The van der Waals surface area contributed by atoms with Crippen LogP contribution in [0.15, 0.2) is 60.0 Å². The van der Waals surface area contributed by atoms with Crippen LogP contribution in [0.25, 0.3) is 0 Å². The zero-order valence-electron chi connectivity index (χ0n) is 22.3. The molecule has 8 nitrogen and oxygen atoms in total. The summed E-state index contributed by atoms with van der Waals surface area (Å²) in [6, 6.07) is 18.2. The third-order valence-electron chi connectivity index (χ3n) is 7.28. The van der Waals surface area contributed by atoms with Crippen LogP contribution in [0.1, 0.15) is 52.9 Å². The standard InChI is InChI=1S/C30H35N5O3S/c1-21-7-5-6-10-26(21)29(38)35(25-11-12-25)19-28(37)33-30-32-24(20-39-30)17-27(36)31-23-13-15-34(16-14-23)18-22-8-3-2-4-9-22/h2-10,20,23,25H,11-19H2,1H3,(H,31,36)(H,32,33,37). The molecular weight excluding hydrogens is 510 g/mol. The van der Waals surface area contributed by atoms with Gasteiger partial charge in [-0.05, 0) is 49.8 Å². The first kappa shape index (κ1) is 27.0. The molecule has 9 heteroatoms. The predicted octanol–water partition coefficient (Wildman–Crippen LogP) is 4.02. The number of amides is 3. The van der Waals surface area contributed by atoms with Crippen molar-refractivity contribution in [1.29, 1.82) is 0 Å². The highest BCUT2D eigenvalue weighted by Gasteiger charge is 2.35. The molecule has 2 aromatic carbocycles. The molecule has 1 aliphatic carbocycles. The average molecular weight is 546 g/mol. The zero-order chi connectivity index (χ0) is 27.2. The normalized spacial score (nSPS) is 16.0. The van der Waals surface area contributed by atoms with Gasteiger partial charge in [-0.25, -0.2) is 4.98 Å². The quantitative estimate of drug-likeness (QED) is 0.401. The number of hydrogen-bond donors (Lipinski definition) is 2. The van der Waals surface area contributed by atoms with Crippen molar-refractivity contribution in [3.05, 3.63) is 82.4 Å². The van der Waals surface area contributed by atoms with Crippen LogP contribution in [0, 0.1) is 6.92 Å². The van der Waals surface area contributed by atoms with E-state index in [4.69, 9.17) is 0 Å². The van der Waals surface area contributed by atoms with Crippen molar-refractivity contribution in [3.8, 4) is 0 Å². The number of benzene rings is 2. The van der Waals surface area contributed by atoms with E-state index in [9.17, 15) is 14.4 Å². The lowest BCUT2D eigenvalue weighted by Crippen LogP contribution is -2.44. The number of aromatic nitrogens is 1. The van der Waals surface area contributed by atoms with Crippen molar-refractivity contribution in [1.82, 2.24) is 20.1 Å². The molecule has 0 bridgehead atoms. The number of nitrogens with zero attached hydrogens (tertiary/aromatic N) is 3. The number of thiazole rings is 1. The van der Waals surface area contributed by atoms with Gasteiger partial charge >= 0.3 is 0 Å². The largest absolute Gasteiger partial charge is 0.353 e. The Hall–Kier alpha value is -3.56. The molecule has 204 valence electrons. The number of carbonyl (C=O) groups is 3. The van der Waals surface area contributed by atoms with E-state index < -0.39 is 0 Å². The van der Waals surface area contributed by atoms with Crippen LogP contribution >= 0.6 is 11.3 Å². The monoisotopic (exact) mass is 545 g/mol. The molecule has 0 radical (unpaired) electrons. The zero-order valence-corrected chi connectivity index (χ0v) is 23.1. The number of rotatable bonds is 10. The molecule has 0 atom stereocenters. The SMILES string of the molecule is Cc1ccccc1C(=O)N(CC(=O)Nc1nc(CC(=O)NC2CCN(Cc3ccccc3)CC2)cs1)C1CC1. The second-order valence-electron chi connectivity index (χ2n) is 10.5. The molecule has 39 heavy (non-hydrogen) atoms. The number of nitrogens with one attached hydrogen (secondary N) is 2. The summed E-state index contributed by atoms with van der Waals surface area (Å²) in [5, 5.41) is 8.20. The highest BCUT2D eigenvalue weighted by Crippen LogP contribution is 2.29. The minimum absolute atomic E-state index is 0.0177. The maximum absolute atomic E-state index is 13.1. The smallest absolute Gasteiger partial charge is 0.254 e. The molecule has 1 saturated heterocycles.